The van der Waals surface area contributed by atoms with Crippen LogP contribution in [0.25, 0.3) is 0 Å². The molecule has 0 aromatic carbocycles. The summed E-state index contributed by atoms with van der Waals surface area (Å²) in [5.41, 5.74) is 0.487. The van der Waals surface area contributed by atoms with E-state index >= 15 is 0 Å². The molecule has 2 unspecified atom stereocenters. The molecule has 0 aliphatic heterocycles. The molecule has 0 radical (unpaired) electrons. The SMILES string of the molecule is COC(=O)c1ccnc(NCC2CCC(O)C2)c1. The lowest BCUT2D eigenvalue weighted by Gasteiger charge is -2.11. The van der Waals surface area contributed by atoms with Gasteiger partial charge in [0, 0.05) is 12.7 Å². The highest BCUT2D eigenvalue weighted by Crippen LogP contribution is 2.25. The minimum Gasteiger partial charge on any atom is -0.465 e. The molecule has 1 fully saturated rings. The number of anilines is 1. The van der Waals surface area contributed by atoms with E-state index in [-0.39, 0.29) is 12.1 Å². The smallest absolute Gasteiger partial charge is 0.338 e. The molecule has 98 valence electrons. The lowest BCUT2D eigenvalue weighted by atomic mass is 10.1. The molecule has 0 saturated heterocycles. The largest absolute Gasteiger partial charge is 0.465 e. The van der Waals surface area contributed by atoms with E-state index in [2.05, 4.69) is 15.0 Å². The summed E-state index contributed by atoms with van der Waals surface area (Å²) < 4.78 is 4.66. The zero-order chi connectivity index (χ0) is 13.0. The quantitative estimate of drug-likeness (QED) is 0.791. The maximum absolute atomic E-state index is 11.4. The molecule has 5 heteroatoms. The fourth-order valence-corrected chi connectivity index (χ4v) is 2.25. The topological polar surface area (TPSA) is 71.5 Å². The first-order valence-corrected chi connectivity index (χ1v) is 6.15. The Balaban J connectivity index is 1.91. The van der Waals surface area contributed by atoms with Gasteiger partial charge in [-0.25, -0.2) is 9.78 Å². The number of aromatic nitrogens is 1. The van der Waals surface area contributed by atoms with Crippen molar-refractivity contribution in [1.82, 2.24) is 4.98 Å². The number of ether oxygens (including phenoxy) is 1. The monoisotopic (exact) mass is 250 g/mol. The summed E-state index contributed by atoms with van der Waals surface area (Å²) in [6.07, 6.45) is 4.17. The second kappa shape index (κ2) is 5.82. The molecule has 1 heterocycles. The molecule has 1 aromatic rings. The van der Waals surface area contributed by atoms with Crippen LogP contribution in [0.15, 0.2) is 18.3 Å². The van der Waals surface area contributed by atoms with Crippen molar-refractivity contribution < 1.29 is 14.6 Å². The highest BCUT2D eigenvalue weighted by Gasteiger charge is 2.22. The van der Waals surface area contributed by atoms with Gasteiger partial charge in [0.15, 0.2) is 0 Å². The van der Waals surface area contributed by atoms with Crippen molar-refractivity contribution in [3.8, 4) is 0 Å². The molecule has 2 N–H and O–H groups in total. The van der Waals surface area contributed by atoms with Crippen LogP contribution in [0.3, 0.4) is 0 Å². The Bertz CT molecular complexity index is 422. The third-order valence-electron chi connectivity index (χ3n) is 3.27. The molecular weight excluding hydrogens is 232 g/mol. The summed E-state index contributed by atoms with van der Waals surface area (Å²) in [4.78, 5) is 15.5. The first-order chi connectivity index (χ1) is 8.69. The second-order valence-electron chi connectivity index (χ2n) is 4.64. The van der Waals surface area contributed by atoms with Crippen molar-refractivity contribution >= 4 is 11.8 Å². The van der Waals surface area contributed by atoms with E-state index in [1.165, 1.54) is 7.11 Å². The Morgan fingerprint density at radius 2 is 2.44 bits per heavy atom. The van der Waals surface area contributed by atoms with Gasteiger partial charge in [-0.1, -0.05) is 0 Å². The van der Waals surface area contributed by atoms with Crippen molar-refractivity contribution in [2.45, 2.75) is 25.4 Å². The molecule has 0 amide bonds. The zero-order valence-corrected chi connectivity index (χ0v) is 10.4. The molecule has 0 bridgehead atoms. The first kappa shape index (κ1) is 12.8. The summed E-state index contributed by atoms with van der Waals surface area (Å²) in [6.45, 7) is 0.773. The van der Waals surface area contributed by atoms with E-state index in [4.69, 9.17) is 0 Å². The fraction of sp³-hybridized carbons (Fsp3) is 0.538. The standard InChI is InChI=1S/C13H18N2O3/c1-18-13(17)10-4-5-14-12(7-10)15-8-9-2-3-11(16)6-9/h4-5,7,9,11,16H,2-3,6,8H2,1H3,(H,14,15). The van der Waals surface area contributed by atoms with Gasteiger partial charge >= 0.3 is 5.97 Å². The van der Waals surface area contributed by atoms with Crippen LogP contribution in [0.4, 0.5) is 5.82 Å². The number of hydrogen-bond donors (Lipinski definition) is 2. The Morgan fingerprint density at radius 1 is 1.61 bits per heavy atom. The summed E-state index contributed by atoms with van der Waals surface area (Å²) in [7, 11) is 1.36. The third-order valence-corrected chi connectivity index (χ3v) is 3.27. The summed E-state index contributed by atoms with van der Waals surface area (Å²) in [5.74, 6) is 0.777. The highest BCUT2D eigenvalue weighted by molar-refractivity contribution is 5.89. The molecule has 18 heavy (non-hydrogen) atoms. The molecule has 5 nitrogen and oxygen atoms in total. The van der Waals surface area contributed by atoms with Crippen molar-refractivity contribution in [1.29, 1.82) is 0 Å². The third kappa shape index (κ3) is 3.20. The number of nitrogens with zero attached hydrogens (tertiary/aromatic N) is 1. The highest BCUT2D eigenvalue weighted by atomic mass is 16.5. The summed E-state index contributed by atoms with van der Waals surface area (Å²) in [5, 5.41) is 12.6. The van der Waals surface area contributed by atoms with Crippen LogP contribution in [0.2, 0.25) is 0 Å². The zero-order valence-electron chi connectivity index (χ0n) is 10.4. The average Bonchev–Trinajstić information content (AvgIpc) is 2.81. The van der Waals surface area contributed by atoms with Crippen molar-refractivity contribution in [3.05, 3.63) is 23.9 Å². The molecular formula is C13H18N2O3. The Kier molecular flexibility index (Phi) is 4.15. The fourth-order valence-electron chi connectivity index (χ4n) is 2.25. The number of aliphatic hydroxyl groups excluding tert-OH is 1. The first-order valence-electron chi connectivity index (χ1n) is 6.15. The van der Waals surface area contributed by atoms with Crippen LogP contribution >= 0.6 is 0 Å². The van der Waals surface area contributed by atoms with Crippen LogP contribution in [0.5, 0.6) is 0 Å². The Hall–Kier alpha value is -1.62. The summed E-state index contributed by atoms with van der Waals surface area (Å²) >= 11 is 0. The van der Waals surface area contributed by atoms with Crippen LogP contribution in [0.1, 0.15) is 29.6 Å². The van der Waals surface area contributed by atoms with Crippen molar-refractivity contribution in [2.75, 3.05) is 19.0 Å². The lowest BCUT2D eigenvalue weighted by molar-refractivity contribution is 0.0600. The minimum absolute atomic E-state index is 0.161. The van der Waals surface area contributed by atoms with E-state index in [0.717, 1.165) is 25.8 Å². The maximum atomic E-state index is 11.4. The molecule has 1 aromatic heterocycles. The van der Waals surface area contributed by atoms with Crippen molar-refractivity contribution in [2.24, 2.45) is 5.92 Å². The minimum atomic E-state index is -0.364. The number of carbonyl (C=O) groups is 1. The molecule has 0 spiro atoms. The van der Waals surface area contributed by atoms with E-state index in [9.17, 15) is 9.90 Å². The van der Waals surface area contributed by atoms with Gasteiger partial charge in [0.2, 0.25) is 0 Å². The van der Waals surface area contributed by atoms with Gasteiger partial charge in [-0.3, -0.25) is 0 Å². The molecule has 1 saturated carbocycles. The number of aliphatic hydroxyl groups is 1. The van der Waals surface area contributed by atoms with Gasteiger partial charge < -0.3 is 15.2 Å². The van der Waals surface area contributed by atoms with Crippen LogP contribution in [0, 0.1) is 5.92 Å². The van der Waals surface area contributed by atoms with Gasteiger partial charge in [-0.05, 0) is 37.3 Å². The lowest BCUT2D eigenvalue weighted by Crippen LogP contribution is -2.14. The number of hydrogen-bond acceptors (Lipinski definition) is 5. The van der Waals surface area contributed by atoms with Gasteiger partial charge in [0.05, 0.1) is 18.8 Å². The number of nitrogens with one attached hydrogen (secondary N) is 1. The number of carbonyl (C=O) groups excluding carboxylic acids is 1. The summed E-state index contributed by atoms with van der Waals surface area (Å²) in [6, 6.07) is 3.30. The Morgan fingerprint density at radius 3 is 3.11 bits per heavy atom. The number of methoxy groups -OCH3 is 1. The van der Waals surface area contributed by atoms with Crippen LogP contribution in [-0.2, 0) is 4.74 Å². The normalized spacial score (nSPS) is 22.8. The van der Waals surface area contributed by atoms with Crippen LogP contribution < -0.4 is 5.32 Å². The number of rotatable bonds is 4. The molecule has 1 aliphatic rings. The predicted molar refractivity (Wildman–Crippen MR) is 67.4 cm³/mol. The van der Waals surface area contributed by atoms with E-state index < -0.39 is 0 Å². The maximum Gasteiger partial charge on any atom is 0.338 e. The van der Waals surface area contributed by atoms with Crippen molar-refractivity contribution in [3.63, 3.8) is 0 Å². The van der Waals surface area contributed by atoms with Gasteiger partial charge in [0.1, 0.15) is 5.82 Å². The molecule has 2 rings (SSSR count). The van der Waals surface area contributed by atoms with E-state index in [0.29, 0.717) is 17.3 Å². The predicted octanol–water partition coefficient (Wildman–Crippen LogP) is 1.44. The number of esters is 1. The number of pyridine rings is 1. The Labute approximate surface area is 106 Å². The second-order valence-corrected chi connectivity index (χ2v) is 4.64. The van der Waals surface area contributed by atoms with Gasteiger partial charge in [0.25, 0.3) is 0 Å². The van der Waals surface area contributed by atoms with Gasteiger partial charge in [-0.15, -0.1) is 0 Å². The van der Waals surface area contributed by atoms with Crippen LogP contribution in [-0.4, -0.2) is 35.8 Å². The van der Waals surface area contributed by atoms with Gasteiger partial charge in [-0.2, -0.15) is 0 Å². The average molecular weight is 250 g/mol. The molecule has 2 atom stereocenters. The van der Waals surface area contributed by atoms with E-state index in [1.54, 1.807) is 18.3 Å². The molecule has 1 aliphatic carbocycles. The van der Waals surface area contributed by atoms with E-state index in [1.807, 2.05) is 0 Å².